The van der Waals surface area contributed by atoms with Gasteiger partial charge in [-0.25, -0.2) is 5.43 Å². The van der Waals surface area contributed by atoms with Crippen LogP contribution in [0.4, 0.5) is 0 Å². The summed E-state index contributed by atoms with van der Waals surface area (Å²) >= 11 is 7.32. The van der Waals surface area contributed by atoms with Gasteiger partial charge in [0, 0.05) is 0 Å². The van der Waals surface area contributed by atoms with Crippen molar-refractivity contribution in [1.29, 1.82) is 0 Å². The molecule has 0 aliphatic rings. The van der Waals surface area contributed by atoms with Crippen LogP contribution in [0.15, 0.2) is 47.6 Å². The Morgan fingerprint density at radius 2 is 2.09 bits per heavy atom. The second-order valence-corrected chi connectivity index (χ2v) is 6.60. The monoisotopic (exact) mass is 344 g/mol. The molecule has 0 fully saturated rings. The predicted molar refractivity (Wildman–Crippen MR) is 93.1 cm³/mol. The van der Waals surface area contributed by atoms with E-state index in [0.29, 0.717) is 4.34 Å². The van der Waals surface area contributed by atoms with Crippen LogP contribution in [0.5, 0.6) is 0 Å². The van der Waals surface area contributed by atoms with Crippen molar-refractivity contribution in [2.75, 3.05) is 0 Å². The predicted octanol–water partition coefficient (Wildman–Crippen LogP) is 3.86. The van der Waals surface area contributed by atoms with E-state index < -0.39 is 0 Å². The summed E-state index contributed by atoms with van der Waals surface area (Å²) in [7, 11) is 0. The molecular weight excluding hydrogens is 332 g/mol. The van der Waals surface area contributed by atoms with Crippen molar-refractivity contribution in [3.8, 4) is 10.6 Å². The van der Waals surface area contributed by atoms with Gasteiger partial charge in [0.25, 0.3) is 5.91 Å². The summed E-state index contributed by atoms with van der Waals surface area (Å²) in [5.74, 6) is -0.376. The highest BCUT2D eigenvalue weighted by Crippen LogP contribution is 2.29. The number of aryl methyl sites for hydroxylation is 1. The van der Waals surface area contributed by atoms with Crippen LogP contribution in [0.1, 0.15) is 21.6 Å². The number of aromatic nitrogens is 2. The van der Waals surface area contributed by atoms with E-state index in [1.54, 1.807) is 18.3 Å². The fraction of sp³-hybridized carbons (Fsp3) is 0.0625. The fourth-order valence-corrected chi connectivity index (χ4v) is 2.91. The van der Waals surface area contributed by atoms with Crippen LogP contribution in [0.25, 0.3) is 10.6 Å². The molecule has 0 bridgehead atoms. The van der Waals surface area contributed by atoms with Gasteiger partial charge in [-0.1, -0.05) is 41.4 Å². The zero-order valence-electron chi connectivity index (χ0n) is 12.2. The lowest BCUT2D eigenvalue weighted by atomic mass is 10.2. The molecule has 0 radical (unpaired) electrons. The van der Waals surface area contributed by atoms with E-state index in [1.807, 2.05) is 37.3 Å². The van der Waals surface area contributed by atoms with Gasteiger partial charge in [-0.05, 0) is 30.7 Å². The number of H-pyrrole nitrogens is 1. The van der Waals surface area contributed by atoms with Gasteiger partial charge in [-0.15, -0.1) is 11.3 Å². The number of halogens is 1. The standard InChI is InChI=1S/C16H13ClN4OS/c1-10-2-4-11(5-3-10)9-18-21-16(22)13-8-12(19-20-13)14-6-7-15(17)23-14/h2-9H,1H3,(H,19,20)(H,21,22)/b18-9+. The number of hydrogen-bond donors (Lipinski definition) is 2. The molecule has 2 N–H and O–H groups in total. The average molecular weight is 345 g/mol. The molecule has 1 aromatic carbocycles. The van der Waals surface area contributed by atoms with Gasteiger partial charge < -0.3 is 0 Å². The Labute approximate surface area is 142 Å². The second-order valence-electron chi connectivity index (χ2n) is 4.88. The smallest absolute Gasteiger partial charge is 0.276 e. The van der Waals surface area contributed by atoms with Gasteiger partial charge in [0.2, 0.25) is 0 Å². The van der Waals surface area contributed by atoms with Crippen LogP contribution in [0.3, 0.4) is 0 Å². The average Bonchev–Trinajstić information content (AvgIpc) is 3.18. The summed E-state index contributed by atoms with van der Waals surface area (Å²) in [6.07, 6.45) is 1.59. The van der Waals surface area contributed by atoms with Crippen LogP contribution in [0.2, 0.25) is 4.34 Å². The molecule has 0 unspecified atom stereocenters. The minimum atomic E-state index is -0.376. The van der Waals surface area contributed by atoms with E-state index in [9.17, 15) is 4.79 Å². The number of rotatable bonds is 4. The van der Waals surface area contributed by atoms with Gasteiger partial charge in [0.05, 0.1) is 21.1 Å². The highest BCUT2D eigenvalue weighted by Gasteiger charge is 2.11. The van der Waals surface area contributed by atoms with E-state index in [4.69, 9.17) is 11.6 Å². The minimum Gasteiger partial charge on any atom is -0.276 e. The molecule has 5 nitrogen and oxygen atoms in total. The van der Waals surface area contributed by atoms with Gasteiger partial charge in [-0.3, -0.25) is 9.89 Å². The van der Waals surface area contributed by atoms with Gasteiger partial charge in [-0.2, -0.15) is 10.2 Å². The van der Waals surface area contributed by atoms with Gasteiger partial charge in [0.15, 0.2) is 5.69 Å². The van der Waals surface area contributed by atoms with Crippen LogP contribution in [-0.2, 0) is 0 Å². The molecule has 3 aromatic rings. The van der Waals surface area contributed by atoms with Crippen LogP contribution in [-0.4, -0.2) is 22.3 Å². The Hall–Kier alpha value is -2.44. The molecular formula is C16H13ClN4OS. The van der Waals surface area contributed by atoms with Crippen molar-refractivity contribution >= 4 is 35.1 Å². The van der Waals surface area contributed by atoms with Crippen LogP contribution < -0.4 is 5.43 Å². The molecule has 23 heavy (non-hydrogen) atoms. The summed E-state index contributed by atoms with van der Waals surface area (Å²) in [6.45, 7) is 2.01. The SMILES string of the molecule is Cc1ccc(/C=N/NC(=O)c2cc(-c3ccc(Cl)s3)[nH]n2)cc1. The number of nitrogens with zero attached hydrogens (tertiary/aromatic N) is 2. The highest BCUT2D eigenvalue weighted by atomic mass is 35.5. The highest BCUT2D eigenvalue weighted by molar-refractivity contribution is 7.19. The number of carbonyl (C=O) groups is 1. The number of aromatic amines is 1. The van der Waals surface area contributed by atoms with E-state index >= 15 is 0 Å². The molecule has 0 aliphatic heterocycles. The summed E-state index contributed by atoms with van der Waals surface area (Å²) in [6, 6.07) is 13.2. The maximum absolute atomic E-state index is 12.0. The number of amides is 1. The maximum Gasteiger partial charge on any atom is 0.291 e. The number of nitrogens with one attached hydrogen (secondary N) is 2. The molecule has 2 aromatic heterocycles. The topological polar surface area (TPSA) is 70.1 Å². The first-order chi connectivity index (χ1) is 11.1. The van der Waals surface area contributed by atoms with Gasteiger partial charge >= 0.3 is 0 Å². The minimum absolute atomic E-state index is 0.269. The summed E-state index contributed by atoms with van der Waals surface area (Å²) in [5.41, 5.74) is 5.55. The Balaban J connectivity index is 1.64. The molecule has 0 spiro atoms. The zero-order valence-corrected chi connectivity index (χ0v) is 13.8. The van der Waals surface area contributed by atoms with Crippen molar-refractivity contribution in [1.82, 2.24) is 15.6 Å². The van der Waals surface area contributed by atoms with Crippen molar-refractivity contribution in [3.05, 3.63) is 63.6 Å². The lowest BCUT2D eigenvalue weighted by molar-refractivity contribution is 0.0950. The van der Waals surface area contributed by atoms with E-state index in [1.165, 1.54) is 16.9 Å². The molecule has 0 saturated heterocycles. The summed E-state index contributed by atoms with van der Waals surface area (Å²) in [4.78, 5) is 12.9. The maximum atomic E-state index is 12.0. The first kappa shape index (κ1) is 15.5. The lowest BCUT2D eigenvalue weighted by Gasteiger charge is -1.96. The summed E-state index contributed by atoms with van der Waals surface area (Å²) < 4.78 is 0.684. The quantitative estimate of drug-likeness (QED) is 0.557. The molecule has 0 atom stereocenters. The van der Waals surface area contributed by atoms with Crippen molar-refractivity contribution in [2.45, 2.75) is 6.92 Å². The Morgan fingerprint density at radius 3 is 2.78 bits per heavy atom. The first-order valence-electron chi connectivity index (χ1n) is 6.83. The summed E-state index contributed by atoms with van der Waals surface area (Å²) in [5, 5.41) is 10.7. The third kappa shape index (κ3) is 3.85. The molecule has 1 amide bonds. The second kappa shape index (κ2) is 6.76. The van der Waals surface area contributed by atoms with Crippen LogP contribution in [0, 0.1) is 6.92 Å². The van der Waals surface area contributed by atoms with Gasteiger partial charge in [0.1, 0.15) is 0 Å². The third-order valence-electron chi connectivity index (χ3n) is 3.11. The third-order valence-corrected chi connectivity index (χ3v) is 4.37. The first-order valence-corrected chi connectivity index (χ1v) is 8.02. The van der Waals surface area contributed by atoms with E-state index in [0.717, 1.165) is 16.1 Å². The lowest BCUT2D eigenvalue weighted by Crippen LogP contribution is -2.17. The molecule has 0 saturated carbocycles. The van der Waals surface area contributed by atoms with Crippen molar-refractivity contribution < 1.29 is 4.79 Å². The molecule has 0 aliphatic carbocycles. The Morgan fingerprint density at radius 1 is 1.30 bits per heavy atom. The number of benzene rings is 1. The molecule has 2 heterocycles. The van der Waals surface area contributed by atoms with Crippen LogP contribution >= 0.6 is 22.9 Å². The van der Waals surface area contributed by atoms with E-state index in [-0.39, 0.29) is 11.6 Å². The largest absolute Gasteiger partial charge is 0.291 e. The number of hydrazone groups is 1. The zero-order chi connectivity index (χ0) is 16.2. The number of carbonyl (C=O) groups excluding carboxylic acids is 1. The molecule has 7 heteroatoms. The fourth-order valence-electron chi connectivity index (χ4n) is 1.90. The Bertz CT molecular complexity index is 851. The number of thiophene rings is 1. The van der Waals surface area contributed by atoms with Crippen molar-refractivity contribution in [3.63, 3.8) is 0 Å². The van der Waals surface area contributed by atoms with E-state index in [2.05, 4.69) is 20.7 Å². The molecule has 3 rings (SSSR count). The normalized spacial score (nSPS) is 11.0. The Kier molecular flexibility index (Phi) is 4.55. The molecule has 116 valence electrons. The van der Waals surface area contributed by atoms with Crippen molar-refractivity contribution in [2.24, 2.45) is 5.10 Å². The number of hydrogen-bond acceptors (Lipinski definition) is 4.